The summed E-state index contributed by atoms with van der Waals surface area (Å²) in [5, 5.41) is 0. The average Bonchev–Trinajstić information content (AvgIpc) is 3.23. The van der Waals surface area contributed by atoms with E-state index in [4.69, 9.17) is 0 Å². The van der Waals surface area contributed by atoms with Crippen LogP contribution in [0.3, 0.4) is 0 Å². The molecule has 0 atom stereocenters. The predicted octanol–water partition coefficient (Wildman–Crippen LogP) is 2.35. The summed E-state index contributed by atoms with van der Waals surface area (Å²) in [6.45, 7) is 7.18. The van der Waals surface area contributed by atoms with Crippen LogP contribution < -0.4 is 9.80 Å². The summed E-state index contributed by atoms with van der Waals surface area (Å²) in [6.07, 6.45) is 4.13. The normalized spacial score (nSPS) is 17.7. The second kappa shape index (κ2) is 7.32. The Morgan fingerprint density at radius 3 is 2.15 bits per heavy atom. The van der Waals surface area contributed by atoms with Crippen molar-refractivity contribution in [2.45, 2.75) is 19.8 Å². The summed E-state index contributed by atoms with van der Waals surface area (Å²) >= 11 is 0. The van der Waals surface area contributed by atoms with Crippen molar-refractivity contribution in [2.75, 3.05) is 49.1 Å². The number of hydrogen-bond donors (Lipinski definition) is 0. The molecule has 2 aliphatic heterocycles. The SMILES string of the molecule is Cc1ccccc1C(=O)N1CCN(c2cc(N3CCCC3)ncn2)CC1. The number of aryl methyl sites for hydroxylation is 1. The summed E-state index contributed by atoms with van der Waals surface area (Å²) in [5.74, 6) is 2.11. The van der Waals surface area contributed by atoms with Crippen molar-refractivity contribution in [3.8, 4) is 0 Å². The minimum absolute atomic E-state index is 0.128. The third-order valence-electron chi connectivity index (χ3n) is 5.33. The quantitative estimate of drug-likeness (QED) is 0.850. The van der Waals surface area contributed by atoms with E-state index in [2.05, 4.69) is 25.8 Å². The van der Waals surface area contributed by atoms with Crippen LogP contribution in [0.5, 0.6) is 0 Å². The van der Waals surface area contributed by atoms with Crippen molar-refractivity contribution < 1.29 is 4.79 Å². The zero-order valence-corrected chi connectivity index (χ0v) is 15.3. The molecule has 4 rings (SSSR count). The smallest absolute Gasteiger partial charge is 0.254 e. The summed E-state index contributed by atoms with van der Waals surface area (Å²) < 4.78 is 0. The van der Waals surface area contributed by atoms with Crippen LogP contribution in [-0.2, 0) is 0 Å². The lowest BCUT2D eigenvalue weighted by Gasteiger charge is -2.35. The van der Waals surface area contributed by atoms with Gasteiger partial charge in [-0.25, -0.2) is 9.97 Å². The maximum absolute atomic E-state index is 12.8. The number of aromatic nitrogens is 2. The lowest BCUT2D eigenvalue weighted by molar-refractivity contribution is 0.0746. The first kappa shape index (κ1) is 16.8. The minimum atomic E-state index is 0.128. The molecule has 0 bridgehead atoms. The first-order chi connectivity index (χ1) is 12.7. The summed E-state index contributed by atoms with van der Waals surface area (Å²) in [6, 6.07) is 9.89. The highest BCUT2D eigenvalue weighted by Crippen LogP contribution is 2.22. The molecule has 1 amide bonds. The summed E-state index contributed by atoms with van der Waals surface area (Å²) in [5.41, 5.74) is 1.84. The second-order valence-electron chi connectivity index (χ2n) is 7.02. The monoisotopic (exact) mass is 351 g/mol. The molecule has 0 saturated carbocycles. The van der Waals surface area contributed by atoms with Gasteiger partial charge in [0.25, 0.3) is 5.91 Å². The first-order valence-electron chi connectivity index (χ1n) is 9.39. The molecular weight excluding hydrogens is 326 g/mol. The van der Waals surface area contributed by atoms with Crippen LogP contribution in [-0.4, -0.2) is 60.0 Å². The van der Waals surface area contributed by atoms with Crippen molar-refractivity contribution in [2.24, 2.45) is 0 Å². The van der Waals surface area contributed by atoms with E-state index in [1.165, 1.54) is 12.8 Å². The molecule has 2 saturated heterocycles. The lowest BCUT2D eigenvalue weighted by Crippen LogP contribution is -2.49. The van der Waals surface area contributed by atoms with Gasteiger partial charge in [0.2, 0.25) is 0 Å². The third-order valence-corrected chi connectivity index (χ3v) is 5.33. The molecule has 1 aromatic heterocycles. The molecule has 136 valence electrons. The van der Waals surface area contributed by atoms with Crippen molar-refractivity contribution >= 4 is 17.5 Å². The number of carbonyl (C=O) groups excluding carboxylic acids is 1. The number of anilines is 2. The molecule has 3 heterocycles. The van der Waals surface area contributed by atoms with Gasteiger partial charge in [-0.2, -0.15) is 0 Å². The zero-order chi connectivity index (χ0) is 17.9. The van der Waals surface area contributed by atoms with E-state index < -0.39 is 0 Å². The Morgan fingerprint density at radius 2 is 1.50 bits per heavy atom. The zero-order valence-electron chi connectivity index (χ0n) is 15.3. The highest BCUT2D eigenvalue weighted by Gasteiger charge is 2.24. The van der Waals surface area contributed by atoms with Crippen molar-refractivity contribution in [1.29, 1.82) is 0 Å². The van der Waals surface area contributed by atoms with Crippen LogP contribution in [0, 0.1) is 6.92 Å². The van der Waals surface area contributed by atoms with E-state index in [9.17, 15) is 4.79 Å². The van der Waals surface area contributed by atoms with E-state index in [1.54, 1.807) is 6.33 Å². The van der Waals surface area contributed by atoms with E-state index in [0.29, 0.717) is 0 Å². The number of amides is 1. The fourth-order valence-electron chi connectivity index (χ4n) is 3.75. The number of carbonyl (C=O) groups is 1. The Hall–Kier alpha value is -2.63. The van der Waals surface area contributed by atoms with Gasteiger partial charge in [0.15, 0.2) is 0 Å². The molecule has 0 radical (unpaired) electrons. The van der Waals surface area contributed by atoms with Crippen molar-refractivity contribution in [1.82, 2.24) is 14.9 Å². The van der Waals surface area contributed by atoms with Crippen LogP contribution in [0.2, 0.25) is 0 Å². The highest BCUT2D eigenvalue weighted by atomic mass is 16.2. The van der Waals surface area contributed by atoms with Crippen LogP contribution in [0.25, 0.3) is 0 Å². The number of rotatable bonds is 3. The van der Waals surface area contributed by atoms with Gasteiger partial charge in [-0.15, -0.1) is 0 Å². The summed E-state index contributed by atoms with van der Waals surface area (Å²) in [4.78, 5) is 28.2. The standard InChI is InChI=1S/C20H25N5O/c1-16-6-2-3-7-17(16)20(26)25-12-10-24(11-13-25)19-14-18(21-15-22-19)23-8-4-5-9-23/h2-3,6-7,14-15H,4-5,8-13H2,1H3. The molecule has 6 heteroatoms. The van der Waals surface area contributed by atoms with E-state index in [-0.39, 0.29) is 5.91 Å². The van der Waals surface area contributed by atoms with Gasteiger partial charge in [-0.3, -0.25) is 4.79 Å². The van der Waals surface area contributed by atoms with Gasteiger partial charge in [-0.05, 0) is 31.4 Å². The van der Waals surface area contributed by atoms with Crippen LogP contribution >= 0.6 is 0 Å². The largest absolute Gasteiger partial charge is 0.356 e. The number of nitrogens with zero attached hydrogens (tertiary/aromatic N) is 5. The third kappa shape index (κ3) is 3.36. The number of hydrogen-bond acceptors (Lipinski definition) is 5. The van der Waals surface area contributed by atoms with Crippen LogP contribution in [0.4, 0.5) is 11.6 Å². The van der Waals surface area contributed by atoms with Gasteiger partial charge >= 0.3 is 0 Å². The molecule has 2 aliphatic rings. The lowest BCUT2D eigenvalue weighted by atomic mass is 10.1. The average molecular weight is 351 g/mol. The van der Waals surface area contributed by atoms with Crippen LogP contribution in [0.15, 0.2) is 36.7 Å². The van der Waals surface area contributed by atoms with E-state index >= 15 is 0 Å². The number of piperazine rings is 1. The molecule has 0 unspecified atom stereocenters. The Labute approximate surface area is 154 Å². The van der Waals surface area contributed by atoms with Gasteiger partial charge in [0.1, 0.15) is 18.0 Å². The Morgan fingerprint density at radius 1 is 0.885 bits per heavy atom. The molecule has 26 heavy (non-hydrogen) atoms. The number of benzene rings is 1. The van der Waals surface area contributed by atoms with Crippen molar-refractivity contribution in [3.63, 3.8) is 0 Å². The molecule has 1 aromatic carbocycles. The predicted molar refractivity (Wildman–Crippen MR) is 103 cm³/mol. The van der Waals surface area contributed by atoms with Crippen molar-refractivity contribution in [3.05, 3.63) is 47.8 Å². The van der Waals surface area contributed by atoms with Gasteiger partial charge in [0, 0.05) is 50.9 Å². The molecule has 0 N–H and O–H groups in total. The Balaban J connectivity index is 1.41. The molecule has 0 spiro atoms. The molecule has 2 aromatic rings. The van der Waals surface area contributed by atoms with E-state index in [0.717, 1.165) is 62.0 Å². The maximum Gasteiger partial charge on any atom is 0.254 e. The molecular formula is C20H25N5O. The van der Waals surface area contributed by atoms with Gasteiger partial charge in [-0.1, -0.05) is 18.2 Å². The first-order valence-corrected chi connectivity index (χ1v) is 9.39. The fraction of sp³-hybridized carbons (Fsp3) is 0.450. The Bertz CT molecular complexity index is 779. The Kier molecular flexibility index (Phi) is 4.73. The highest BCUT2D eigenvalue weighted by molar-refractivity contribution is 5.95. The maximum atomic E-state index is 12.8. The van der Waals surface area contributed by atoms with E-state index in [1.807, 2.05) is 36.1 Å². The van der Waals surface area contributed by atoms with Crippen LogP contribution in [0.1, 0.15) is 28.8 Å². The topological polar surface area (TPSA) is 52.6 Å². The fourth-order valence-corrected chi connectivity index (χ4v) is 3.75. The minimum Gasteiger partial charge on any atom is -0.356 e. The molecule has 6 nitrogen and oxygen atoms in total. The van der Waals surface area contributed by atoms with Gasteiger partial charge in [0.05, 0.1) is 0 Å². The summed E-state index contributed by atoms with van der Waals surface area (Å²) in [7, 11) is 0. The molecule has 2 fully saturated rings. The van der Waals surface area contributed by atoms with Gasteiger partial charge < -0.3 is 14.7 Å². The molecule has 0 aliphatic carbocycles. The second-order valence-corrected chi connectivity index (χ2v) is 7.02.